The summed E-state index contributed by atoms with van der Waals surface area (Å²) in [5.74, 6) is -0.628. The first-order chi connectivity index (χ1) is 18.0. The minimum absolute atomic E-state index is 0.194. The van der Waals surface area contributed by atoms with Gasteiger partial charge in [0.2, 0.25) is 0 Å². The summed E-state index contributed by atoms with van der Waals surface area (Å²) in [6.07, 6.45) is 0.544. The summed E-state index contributed by atoms with van der Waals surface area (Å²) in [5.41, 5.74) is 4.95. The molecule has 3 aromatic carbocycles. The number of benzene rings is 3. The maximum atomic E-state index is 13.8. The lowest BCUT2D eigenvalue weighted by atomic mass is 9.75. The zero-order chi connectivity index (χ0) is 25.9. The predicted molar refractivity (Wildman–Crippen MR) is 142 cm³/mol. The molecule has 3 aromatic rings. The third kappa shape index (κ3) is 4.77. The Morgan fingerprint density at radius 1 is 0.946 bits per heavy atom. The Morgan fingerprint density at radius 2 is 1.68 bits per heavy atom. The molecule has 1 heterocycles. The van der Waals surface area contributed by atoms with Crippen LogP contribution in [-0.4, -0.2) is 26.0 Å². The highest BCUT2D eigenvalue weighted by Gasteiger charge is 2.44. The summed E-state index contributed by atoms with van der Waals surface area (Å²) in [7, 11) is 2.92. The smallest absolute Gasteiger partial charge is 0.316 e. The van der Waals surface area contributed by atoms with E-state index < -0.39 is 17.9 Å². The highest BCUT2D eigenvalue weighted by molar-refractivity contribution is 6.11. The Kier molecular flexibility index (Phi) is 6.86. The second-order valence-corrected chi connectivity index (χ2v) is 9.37. The minimum Gasteiger partial charge on any atom is -0.493 e. The summed E-state index contributed by atoms with van der Waals surface area (Å²) >= 11 is 0. The molecule has 1 aliphatic carbocycles. The van der Waals surface area contributed by atoms with E-state index in [1.165, 1.54) is 7.11 Å². The molecule has 37 heavy (non-hydrogen) atoms. The Labute approximate surface area is 216 Å². The van der Waals surface area contributed by atoms with Gasteiger partial charge in [-0.25, -0.2) is 0 Å². The molecule has 0 spiro atoms. The molecule has 0 aromatic heterocycles. The number of anilines is 2. The Hall–Kier alpha value is -4.26. The SMILES string of the molecule is COC(=O)C1C(=O)C2=C(CC1C)Nc1ccccc1NC2c1ccc(OCc2ccccc2)c(OC)c1. The number of fused-ring (bicyclic) bond motifs is 1. The summed E-state index contributed by atoms with van der Waals surface area (Å²) < 4.78 is 16.7. The normalized spacial score (nSPS) is 20.5. The van der Waals surface area contributed by atoms with Gasteiger partial charge in [0.15, 0.2) is 17.3 Å². The first-order valence-electron chi connectivity index (χ1n) is 12.3. The van der Waals surface area contributed by atoms with Crippen molar-refractivity contribution in [2.45, 2.75) is 26.0 Å². The highest BCUT2D eigenvalue weighted by Crippen LogP contribution is 2.45. The fourth-order valence-corrected chi connectivity index (χ4v) is 5.10. The number of nitrogens with one attached hydrogen (secondary N) is 2. The fraction of sp³-hybridized carbons (Fsp3) is 0.267. The molecule has 3 atom stereocenters. The number of rotatable bonds is 6. The van der Waals surface area contributed by atoms with Crippen molar-refractivity contribution in [1.29, 1.82) is 0 Å². The third-order valence-corrected chi connectivity index (χ3v) is 6.98. The van der Waals surface area contributed by atoms with Crippen LogP contribution in [-0.2, 0) is 20.9 Å². The summed E-state index contributed by atoms with van der Waals surface area (Å²) in [6.45, 7) is 2.31. The summed E-state index contributed by atoms with van der Waals surface area (Å²) in [5, 5.41) is 7.00. The molecule has 0 radical (unpaired) electrons. The van der Waals surface area contributed by atoms with Crippen molar-refractivity contribution in [2.75, 3.05) is 24.9 Å². The van der Waals surface area contributed by atoms with Crippen molar-refractivity contribution >= 4 is 23.1 Å². The molecule has 0 saturated heterocycles. The first kappa shape index (κ1) is 24.4. The van der Waals surface area contributed by atoms with E-state index in [-0.39, 0.29) is 11.7 Å². The molecule has 0 bridgehead atoms. The van der Waals surface area contributed by atoms with Gasteiger partial charge in [0.25, 0.3) is 0 Å². The molecular formula is C30H30N2O5. The number of hydrogen-bond acceptors (Lipinski definition) is 7. The van der Waals surface area contributed by atoms with E-state index in [2.05, 4.69) is 10.6 Å². The molecule has 2 aliphatic rings. The van der Waals surface area contributed by atoms with Gasteiger partial charge in [-0.3, -0.25) is 9.59 Å². The number of Topliss-reactive ketones (excluding diaryl/α,β-unsaturated/α-hetero) is 1. The van der Waals surface area contributed by atoms with E-state index in [1.807, 2.05) is 79.7 Å². The van der Waals surface area contributed by atoms with Crippen LogP contribution in [0.4, 0.5) is 11.4 Å². The second-order valence-electron chi connectivity index (χ2n) is 9.37. The molecule has 190 valence electrons. The van der Waals surface area contributed by atoms with Crippen LogP contribution in [0, 0.1) is 11.8 Å². The molecule has 2 N–H and O–H groups in total. The van der Waals surface area contributed by atoms with Gasteiger partial charge in [0.05, 0.1) is 31.6 Å². The number of carbonyl (C=O) groups excluding carboxylic acids is 2. The predicted octanol–water partition coefficient (Wildman–Crippen LogP) is 5.51. The number of para-hydroxylation sites is 2. The fourth-order valence-electron chi connectivity index (χ4n) is 5.10. The van der Waals surface area contributed by atoms with Crippen LogP contribution in [0.1, 0.15) is 30.5 Å². The molecule has 0 amide bonds. The lowest BCUT2D eigenvalue weighted by molar-refractivity contribution is -0.151. The van der Waals surface area contributed by atoms with Gasteiger partial charge in [0, 0.05) is 11.3 Å². The van der Waals surface area contributed by atoms with E-state index in [0.717, 1.165) is 28.2 Å². The average molecular weight is 499 g/mol. The lowest BCUT2D eigenvalue weighted by Crippen LogP contribution is -2.39. The number of methoxy groups -OCH3 is 2. The molecule has 0 saturated carbocycles. The van der Waals surface area contributed by atoms with Crippen molar-refractivity contribution in [3.8, 4) is 11.5 Å². The van der Waals surface area contributed by atoms with Crippen LogP contribution in [0.3, 0.4) is 0 Å². The van der Waals surface area contributed by atoms with Gasteiger partial charge >= 0.3 is 5.97 Å². The van der Waals surface area contributed by atoms with E-state index in [0.29, 0.717) is 30.1 Å². The number of ether oxygens (including phenoxy) is 3. The molecule has 3 unspecified atom stereocenters. The zero-order valence-corrected chi connectivity index (χ0v) is 21.1. The van der Waals surface area contributed by atoms with Crippen molar-refractivity contribution in [2.24, 2.45) is 11.8 Å². The highest BCUT2D eigenvalue weighted by atomic mass is 16.5. The zero-order valence-electron chi connectivity index (χ0n) is 21.1. The van der Waals surface area contributed by atoms with Crippen LogP contribution >= 0.6 is 0 Å². The maximum absolute atomic E-state index is 13.8. The third-order valence-electron chi connectivity index (χ3n) is 6.98. The van der Waals surface area contributed by atoms with E-state index in [4.69, 9.17) is 14.2 Å². The molecule has 7 nitrogen and oxygen atoms in total. The van der Waals surface area contributed by atoms with E-state index in [9.17, 15) is 9.59 Å². The molecule has 5 rings (SSSR count). The van der Waals surface area contributed by atoms with Crippen molar-refractivity contribution in [3.63, 3.8) is 0 Å². The lowest BCUT2D eigenvalue weighted by Gasteiger charge is -2.32. The molecule has 7 heteroatoms. The first-order valence-corrected chi connectivity index (χ1v) is 12.3. The van der Waals surface area contributed by atoms with Gasteiger partial charge in [0.1, 0.15) is 12.5 Å². The van der Waals surface area contributed by atoms with Crippen molar-refractivity contribution < 1.29 is 23.8 Å². The summed E-state index contributed by atoms with van der Waals surface area (Å²) in [6, 6.07) is 22.9. The van der Waals surface area contributed by atoms with Crippen molar-refractivity contribution in [1.82, 2.24) is 0 Å². The van der Waals surface area contributed by atoms with Gasteiger partial charge < -0.3 is 24.8 Å². The van der Waals surface area contributed by atoms with Crippen LogP contribution in [0.2, 0.25) is 0 Å². The minimum atomic E-state index is -0.855. The monoisotopic (exact) mass is 498 g/mol. The van der Waals surface area contributed by atoms with Gasteiger partial charge in [-0.1, -0.05) is 55.5 Å². The standard InChI is InChI=1S/C30H30N2O5/c1-18-15-23-27(29(33)26(18)30(34)36-3)28(32-22-12-8-7-11-21(22)31-23)20-13-14-24(25(16-20)35-2)37-17-19-9-5-4-6-10-19/h4-14,16,18,26,28,31-32H,15,17H2,1-3H3. The number of esters is 1. The Morgan fingerprint density at radius 3 is 2.41 bits per heavy atom. The second kappa shape index (κ2) is 10.4. The van der Waals surface area contributed by atoms with Crippen LogP contribution in [0.25, 0.3) is 0 Å². The topological polar surface area (TPSA) is 85.9 Å². The van der Waals surface area contributed by atoms with Gasteiger partial charge in [-0.2, -0.15) is 0 Å². The van der Waals surface area contributed by atoms with E-state index >= 15 is 0 Å². The van der Waals surface area contributed by atoms with Crippen molar-refractivity contribution in [3.05, 3.63) is 95.2 Å². The number of allylic oxidation sites excluding steroid dienone is 1. The van der Waals surface area contributed by atoms with E-state index in [1.54, 1.807) is 7.11 Å². The molecular weight excluding hydrogens is 468 g/mol. The quantitative estimate of drug-likeness (QED) is 0.343. The van der Waals surface area contributed by atoms with Crippen LogP contribution < -0.4 is 20.1 Å². The Balaban J connectivity index is 1.54. The summed E-state index contributed by atoms with van der Waals surface area (Å²) in [4.78, 5) is 26.4. The largest absolute Gasteiger partial charge is 0.493 e. The number of hydrogen-bond donors (Lipinski definition) is 2. The Bertz CT molecular complexity index is 1350. The average Bonchev–Trinajstić information content (AvgIpc) is 3.09. The van der Waals surface area contributed by atoms with Crippen LogP contribution in [0.5, 0.6) is 11.5 Å². The molecule has 0 fully saturated rings. The number of carbonyl (C=O) groups is 2. The van der Waals surface area contributed by atoms with Gasteiger partial charge in [-0.15, -0.1) is 0 Å². The number of ketones is 1. The molecule has 1 aliphatic heterocycles. The van der Waals surface area contributed by atoms with Gasteiger partial charge in [-0.05, 0) is 47.7 Å². The maximum Gasteiger partial charge on any atom is 0.316 e. The van der Waals surface area contributed by atoms with Crippen LogP contribution in [0.15, 0.2) is 84.1 Å².